The van der Waals surface area contributed by atoms with Crippen LogP contribution in [0.2, 0.25) is 0 Å². The van der Waals surface area contributed by atoms with Crippen LogP contribution in [-0.2, 0) is 9.47 Å². The summed E-state index contributed by atoms with van der Waals surface area (Å²) in [6.45, 7) is 1.65. The number of methoxy groups -OCH3 is 2. The molecule has 1 unspecified atom stereocenters. The quantitative estimate of drug-likeness (QED) is 0.612. The molecule has 7 nitrogen and oxygen atoms in total. The zero-order valence-electron chi connectivity index (χ0n) is 11.8. The number of hydrogen-bond acceptors (Lipinski definition) is 7. The van der Waals surface area contributed by atoms with E-state index in [1.807, 2.05) is 0 Å². The molecule has 8 heteroatoms. The first-order chi connectivity index (χ1) is 9.38. The number of aliphatic imine (C=N–C) groups is 1. The van der Waals surface area contributed by atoms with Crippen molar-refractivity contribution in [2.75, 3.05) is 20.5 Å². The molecule has 0 aromatic rings. The fraction of sp³-hybridized carbons (Fsp3) is 0.500. The van der Waals surface area contributed by atoms with Crippen molar-refractivity contribution in [1.29, 1.82) is 5.41 Å². The van der Waals surface area contributed by atoms with E-state index in [-0.39, 0.29) is 10.3 Å². The Morgan fingerprint density at radius 3 is 2.70 bits per heavy atom. The molecule has 112 valence electrons. The molecule has 2 atom stereocenters. The number of nitrogens with zero attached hydrogens (tertiary/aromatic N) is 2. The summed E-state index contributed by atoms with van der Waals surface area (Å²) >= 11 is 0. The van der Waals surface area contributed by atoms with Gasteiger partial charge in [0.25, 0.3) is 0 Å². The lowest BCUT2D eigenvalue weighted by atomic mass is 9.95. The average Bonchev–Trinajstić information content (AvgIpc) is 2.38. The second kappa shape index (κ2) is 5.12. The van der Waals surface area contributed by atoms with E-state index in [1.54, 1.807) is 6.92 Å². The number of rotatable bonds is 4. The summed E-state index contributed by atoms with van der Waals surface area (Å²) < 4.78 is 21.0. The molecule has 0 aromatic carbocycles. The summed E-state index contributed by atoms with van der Waals surface area (Å²) in [7, 11) is 0.217. The van der Waals surface area contributed by atoms with Gasteiger partial charge in [-0.2, -0.15) is 0 Å². The monoisotopic (exact) mass is 300 g/mol. The largest absolute Gasteiger partial charge is 0.756 e. The highest BCUT2D eigenvalue weighted by atomic mass is 32.3. The molecule has 20 heavy (non-hydrogen) atoms. The number of amidine groups is 1. The lowest BCUT2D eigenvalue weighted by Gasteiger charge is -2.53. The van der Waals surface area contributed by atoms with Crippen LogP contribution in [0.15, 0.2) is 27.1 Å². The van der Waals surface area contributed by atoms with Crippen molar-refractivity contribution in [1.82, 2.24) is 5.06 Å². The molecule has 0 saturated carbocycles. The van der Waals surface area contributed by atoms with E-state index in [4.69, 9.17) is 14.9 Å². The highest BCUT2D eigenvalue weighted by Crippen LogP contribution is 2.55. The predicted molar refractivity (Wildman–Crippen MR) is 79.7 cm³/mol. The summed E-state index contributed by atoms with van der Waals surface area (Å²) in [5.41, 5.74) is 1.15. The van der Waals surface area contributed by atoms with Gasteiger partial charge < -0.3 is 29.7 Å². The second-order valence-electron chi connectivity index (χ2n) is 4.65. The van der Waals surface area contributed by atoms with Crippen LogP contribution in [0, 0.1) is 10.6 Å². The van der Waals surface area contributed by atoms with E-state index in [0.29, 0.717) is 28.5 Å². The third-order valence-electron chi connectivity index (χ3n) is 3.34. The topological polar surface area (TPSA) is 101 Å². The Labute approximate surface area is 119 Å². The van der Waals surface area contributed by atoms with Gasteiger partial charge >= 0.3 is 0 Å². The Kier molecular flexibility index (Phi) is 3.81. The number of ether oxygens (including phenoxy) is 2. The van der Waals surface area contributed by atoms with Gasteiger partial charge in [-0.25, -0.2) is 4.99 Å². The van der Waals surface area contributed by atoms with Crippen LogP contribution in [0.1, 0.15) is 13.3 Å². The van der Waals surface area contributed by atoms with E-state index in [2.05, 4.69) is 4.99 Å². The molecule has 2 heterocycles. The minimum atomic E-state index is -2.69. The third kappa shape index (κ3) is 2.00. The fourth-order valence-electron chi connectivity index (χ4n) is 2.32. The number of hydrogen-bond donors (Lipinski definition) is 2. The zero-order valence-corrected chi connectivity index (χ0v) is 12.7. The Balaban J connectivity index is 2.46. The maximum Gasteiger partial charge on any atom is 0.168 e. The van der Waals surface area contributed by atoms with E-state index in [1.165, 1.54) is 20.5 Å². The molecule has 3 aliphatic rings. The van der Waals surface area contributed by atoms with Gasteiger partial charge in [0.15, 0.2) is 10.3 Å². The molecular formula is C12H18N3O4S-. The van der Waals surface area contributed by atoms with Crippen LogP contribution in [0.5, 0.6) is 0 Å². The normalized spacial score (nSPS) is 26.8. The SMILES string of the molecule is COC1=C2C[C@H]1N([O-])C(S(C)(O)/C(OC)=C(/C)C=N)=N2. The number of fused-ring (bicyclic) bond motifs is 1. The molecule has 2 bridgehead atoms. The maximum absolute atomic E-state index is 12.3. The first kappa shape index (κ1) is 14.9. The standard InChI is InChI=1S/C12H18N3O4S/c1-7(6-13)11(19-3)20(4,17)12-14-8-5-9(15(12)16)10(8)18-2/h6,9,13,17H,5H2,1-4H3/q-1/b11-7-,13-6?/t9-/m1/s1. The van der Waals surface area contributed by atoms with Gasteiger partial charge in [0.1, 0.15) is 5.76 Å². The van der Waals surface area contributed by atoms with Gasteiger partial charge in [0.2, 0.25) is 0 Å². The lowest BCUT2D eigenvalue weighted by Crippen LogP contribution is -2.48. The van der Waals surface area contributed by atoms with Crippen LogP contribution in [0.4, 0.5) is 0 Å². The first-order valence-corrected chi connectivity index (χ1v) is 7.96. The number of hydroxylamine groups is 2. The molecule has 0 aromatic heterocycles. The maximum atomic E-state index is 12.3. The average molecular weight is 300 g/mol. The molecule has 0 fully saturated rings. The van der Waals surface area contributed by atoms with Gasteiger partial charge in [-0.05, 0) is 17.2 Å². The van der Waals surface area contributed by atoms with E-state index in [9.17, 15) is 9.76 Å². The van der Waals surface area contributed by atoms with Crippen molar-refractivity contribution in [3.8, 4) is 0 Å². The van der Waals surface area contributed by atoms with Crippen molar-refractivity contribution < 1.29 is 14.0 Å². The predicted octanol–water partition coefficient (Wildman–Crippen LogP) is 2.22. The van der Waals surface area contributed by atoms with Crippen molar-refractivity contribution in [2.24, 2.45) is 4.99 Å². The van der Waals surface area contributed by atoms with E-state index >= 15 is 0 Å². The molecular weight excluding hydrogens is 282 g/mol. The fourth-order valence-corrected chi connectivity index (χ4v) is 4.26. The Bertz CT molecular complexity index is 539. The molecule has 2 N–H and O–H groups in total. The number of nitrogens with one attached hydrogen (secondary N) is 1. The molecule has 1 aliphatic carbocycles. The Hall–Kier alpha value is -1.51. The zero-order chi connectivity index (χ0) is 15.1. The van der Waals surface area contributed by atoms with Crippen molar-refractivity contribution in [2.45, 2.75) is 19.4 Å². The van der Waals surface area contributed by atoms with Crippen molar-refractivity contribution >= 4 is 21.7 Å². The third-order valence-corrected chi connectivity index (χ3v) is 5.53. The first-order valence-electron chi connectivity index (χ1n) is 5.96. The van der Waals surface area contributed by atoms with Crippen LogP contribution in [0.3, 0.4) is 0 Å². The second-order valence-corrected chi connectivity index (χ2v) is 7.14. The van der Waals surface area contributed by atoms with Crippen LogP contribution >= 0.6 is 10.3 Å². The molecule has 2 aliphatic heterocycles. The molecule has 3 rings (SSSR count). The molecule has 0 spiro atoms. The van der Waals surface area contributed by atoms with Gasteiger partial charge in [-0.1, -0.05) is 0 Å². The van der Waals surface area contributed by atoms with Crippen molar-refractivity contribution in [3.63, 3.8) is 0 Å². The smallest absolute Gasteiger partial charge is 0.168 e. The van der Waals surface area contributed by atoms with Gasteiger partial charge in [-0.3, -0.25) is 0 Å². The van der Waals surface area contributed by atoms with Crippen LogP contribution in [0.25, 0.3) is 0 Å². The summed E-state index contributed by atoms with van der Waals surface area (Å²) in [4.78, 5) is 4.22. The van der Waals surface area contributed by atoms with Crippen molar-refractivity contribution in [3.05, 3.63) is 27.3 Å². The van der Waals surface area contributed by atoms with Crippen LogP contribution in [-0.4, -0.2) is 47.5 Å². The number of allylic oxidation sites excluding steroid dienone is 1. The summed E-state index contributed by atoms with van der Waals surface area (Å²) in [5, 5.41) is 20.5. The lowest BCUT2D eigenvalue weighted by molar-refractivity contribution is 0.184. The summed E-state index contributed by atoms with van der Waals surface area (Å²) in [6, 6.07) is -0.417. The van der Waals surface area contributed by atoms with Crippen LogP contribution < -0.4 is 0 Å². The molecule has 0 radical (unpaired) electrons. The van der Waals surface area contributed by atoms with E-state index < -0.39 is 16.4 Å². The van der Waals surface area contributed by atoms with Gasteiger partial charge in [0.05, 0.1) is 26.0 Å². The Morgan fingerprint density at radius 1 is 1.60 bits per heavy atom. The highest BCUT2D eigenvalue weighted by Gasteiger charge is 2.43. The Morgan fingerprint density at radius 2 is 2.25 bits per heavy atom. The molecule has 0 amide bonds. The minimum Gasteiger partial charge on any atom is -0.756 e. The van der Waals surface area contributed by atoms with Gasteiger partial charge in [-0.15, -0.1) is 0 Å². The molecule has 0 saturated heterocycles. The summed E-state index contributed by atoms with van der Waals surface area (Å²) in [5.74, 6) is 0.561. The summed E-state index contributed by atoms with van der Waals surface area (Å²) in [6.07, 6.45) is 3.13. The van der Waals surface area contributed by atoms with Gasteiger partial charge in [0, 0.05) is 24.5 Å². The highest BCUT2D eigenvalue weighted by molar-refractivity contribution is 8.43. The van der Waals surface area contributed by atoms with E-state index in [0.717, 1.165) is 6.21 Å². The minimum absolute atomic E-state index is 0.0441.